The SMILES string of the molecule is C[C@@H](NC(=O)CN1C(=O)NC2(CCCC2)C1=O)c1ccccc1. The van der Waals surface area contributed by atoms with E-state index in [-0.39, 0.29) is 24.4 Å². The van der Waals surface area contributed by atoms with Crippen molar-refractivity contribution in [1.82, 2.24) is 15.5 Å². The second-order valence-electron chi connectivity index (χ2n) is 6.31. The maximum absolute atomic E-state index is 12.5. The molecule has 1 aliphatic heterocycles. The zero-order valence-corrected chi connectivity index (χ0v) is 13.2. The third-order valence-electron chi connectivity index (χ3n) is 4.68. The summed E-state index contributed by atoms with van der Waals surface area (Å²) in [4.78, 5) is 37.8. The topological polar surface area (TPSA) is 78.5 Å². The monoisotopic (exact) mass is 315 g/mol. The van der Waals surface area contributed by atoms with Gasteiger partial charge in [-0.3, -0.25) is 14.5 Å². The molecule has 1 saturated carbocycles. The van der Waals surface area contributed by atoms with Crippen LogP contribution in [-0.2, 0) is 9.59 Å². The molecule has 4 amide bonds. The highest BCUT2D eigenvalue weighted by molar-refractivity contribution is 6.09. The third kappa shape index (κ3) is 2.93. The van der Waals surface area contributed by atoms with Crippen molar-refractivity contribution >= 4 is 17.8 Å². The van der Waals surface area contributed by atoms with Gasteiger partial charge in [0.25, 0.3) is 5.91 Å². The van der Waals surface area contributed by atoms with Crippen molar-refractivity contribution in [2.45, 2.75) is 44.2 Å². The number of carbonyl (C=O) groups is 3. The van der Waals surface area contributed by atoms with Crippen LogP contribution >= 0.6 is 0 Å². The van der Waals surface area contributed by atoms with E-state index < -0.39 is 11.6 Å². The van der Waals surface area contributed by atoms with Crippen molar-refractivity contribution in [2.75, 3.05) is 6.54 Å². The van der Waals surface area contributed by atoms with E-state index in [1.54, 1.807) is 0 Å². The molecular weight excluding hydrogens is 294 g/mol. The Morgan fingerprint density at radius 2 is 1.91 bits per heavy atom. The van der Waals surface area contributed by atoms with Crippen LogP contribution in [0.4, 0.5) is 4.79 Å². The first-order chi connectivity index (χ1) is 11.0. The molecule has 3 rings (SSSR count). The molecule has 6 nitrogen and oxygen atoms in total. The van der Waals surface area contributed by atoms with Crippen LogP contribution in [0.2, 0.25) is 0 Å². The Balaban J connectivity index is 1.62. The highest BCUT2D eigenvalue weighted by atomic mass is 16.2. The fourth-order valence-corrected chi connectivity index (χ4v) is 3.39. The quantitative estimate of drug-likeness (QED) is 0.831. The van der Waals surface area contributed by atoms with Crippen LogP contribution in [0.5, 0.6) is 0 Å². The lowest BCUT2D eigenvalue weighted by atomic mass is 9.98. The first-order valence-electron chi connectivity index (χ1n) is 8.00. The number of nitrogens with one attached hydrogen (secondary N) is 2. The van der Waals surface area contributed by atoms with E-state index in [1.807, 2.05) is 37.3 Å². The molecule has 0 radical (unpaired) electrons. The largest absolute Gasteiger partial charge is 0.348 e. The van der Waals surface area contributed by atoms with E-state index >= 15 is 0 Å². The van der Waals surface area contributed by atoms with Gasteiger partial charge in [0, 0.05) is 0 Å². The predicted octanol–water partition coefficient (Wildman–Crippen LogP) is 1.73. The summed E-state index contributed by atoms with van der Waals surface area (Å²) in [5.74, 6) is -0.595. The predicted molar refractivity (Wildman–Crippen MR) is 84.4 cm³/mol. The van der Waals surface area contributed by atoms with Crippen LogP contribution in [-0.4, -0.2) is 34.8 Å². The van der Waals surface area contributed by atoms with Gasteiger partial charge in [0.15, 0.2) is 0 Å². The molecule has 1 aromatic carbocycles. The summed E-state index contributed by atoms with van der Waals surface area (Å²) < 4.78 is 0. The van der Waals surface area contributed by atoms with Crippen LogP contribution in [0, 0.1) is 0 Å². The third-order valence-corrected chi connectivity index (χ3v) is 4.68. The van der Waals surface area contributed by atoms with Crippen LogP contribution in [0.25, 0.3) is 0 Å². The van der Waals surface area contributed by atoms with Gasteiger partial charge in [0.2, 0.25) is 5.91 Å². The summed E-state index contributed by atoms with van der Waals surface area (Å²) in [6, 6.07) is 8.92. The van der Waals surface area contributed by atoms with Gasteiger partial charge in [-0.05, 0) is 25.3 Å². The average molecular weight is 315 g/mol. The lowest BCUT2D eigenvalue weighted by molar-refractivity contribution is -0.135. The molecule has 2 fully saturated rings. The van der Waals surface area contributed by atoms with Crippen LogP contribution in [0.3, 0.4) is 0 Å². The molecule has 2 N–H and O–H groups in total. The highest BCUT2D eigenvalue weighted by Gasteiger charge is 2.52. The summed E-state index contributed by atoms with van der Waals surface area (Å²) in [5, 5.41) is 5.61. The molecule has 0 aromatic heterocycles. The highest BCUT2D eigenvalue weighted by Crippen LogP contribution is 2.34. The number of nitrogens with zero attached hydrogens (tertiary/aromatic N) is 1. The van der Waals surface area contributed by atoms with Gasteiger partial charge in [-0.15, -0.1) is 0 Å². The molecule has 1 aliphatic carbocycles. The van der Waals surface area contributed by atoms with Gasteiger partial charge in [0.05, 0.1) is 6.04 Å². The minimum atomic E-state index is -0.761. The summed E-state index contributed by atoms with van der Waals surface area (Å²) in [6.07, 6.45) is 3.18. The van der Waals surface area contributed by atoms with Crippen LogP contribution in [0.1, 0.15) is 44.2 Å². The molecular formula is C17H21N3O3. The van der Waals surface area contributed by atoms with Crippen molar-refractivity contribution in [3.63, 3.8) is 0 Å². The van der Waals surface area contributed by atoms with Gasteiger partial charge in [0.1, 0.15) is 12.1 Å². The number of hydrogen-bond acceptors (Lipinski definition) is 3. The Bertz CT molecular complexity index is 623. The zero-order chi connectivity index (χ0) is 16.4. The number of rotatable bonds is 4. The Kier molecular flexibility index (Phi) is 4.07. The number of carbonyl (C=O) groups excluding carboxylic acids is 3. The summed E-state index contributed by atoms with van der Waals surface area (Å²) in [6.45, 7) is 1.64. The lowest BCUT2D eigenvalue weighted by Gasteiger charge is -2.20. The van der Waals surface area contributed by atoms with E-state index in [2.05, 4.69) is 10.6 Å². The van der Waals surface area contributed by atoms with Gasteiger partial charge in [-0.2, -0.15) is 0 Å². The van der Waals surface area contributed by atoms with E-state index in [9.17, 15) is 14.4 Å². The molecule has 122 valence electrons. The molecule has 2 aliphatic rings. The van der Waals surface area contributed by atoms with Gasteiger partial charge in [-0.1, -0.05) is 43.2 Å². The van der Waals surface area contributed by atoms with Crippen molar-refractivity contribution in [3.05, 3.63) is 35.9 Å². The smallest absolute Gasteiger partial charge is 0.325 e. The Morgan fingerprint density at radius 1 is 1.26 bits per heavy atom. The van der Waals surface area contributed by atoms with E-state index in [0.29, 0.717) is 12.8 Å². The molecule has 23 heavy (non-hydrogen) atoms. The lowest BCUT2D eigenvalue weighted by Crippen LogP contribution is -2.45. The van der Waals surface area contributed by atoms with Crippen molar-refractivity contribution in [1.29, 1.82) is 0 Å². The molecule has 0 unspecified atom stereocenters. The van der Waals surface area contributed by atoms with Crippen LogP contribution < -0.4 is 10.6 Å². The minimum absolute atomic E-state index is 0.176. The second-order valence-corrected chi connectivity index (χ2v) is 6.31. The maximum Gasteiger partial charge on any atom is 0.325 e. The Morgan fingerprint density at radius 3 is 2.57 bits per heavy atom. The summed E-state index contributed by atoms with van der Waals surface area (Å²) in [5.41, 5.74) is 0.216. The van der Waals surface area contributed by atoms with Crippen molar-refractivity contribution < 1.29 is 14.4 Å². The molecule has 0 bridgehead atoms. The van der Waals surface area contributed by atoms with E-state index in [0.717, 1.165) is 23.3 Å². The number of urea groups is 1. The number of hydrogen-bond donors (Lipinski definition) is 2. The summed E-state index contributed by atoms with van der Waals surface area (Å²) >= 11 is 0. The van der Waals surface area contributed by atoms with Crippen molar-refractivity contribution in [2.24, 2.45) is 0 Å². The first-order valence-corrected chi connectivity index (χ1v) is 8.00. The van der Waals surface area contributed by atoms with Gasteiger partial charge in [-0.25, -0.2) is 4.79 Å². The number of imide groups is 1. The molecule has 6 heteroatoms. The number of amides is 4. The minimum Gasteiger partial charge on any atom is -0.348 e. The van der Waals surface area contributed by atoms with Crippen molar-refractivity contribution in [3.8, 4) is 0 Å². The molecule has 1 aromatic rings. The van der Waals surface area contributed by atoms with Crippen LogP contribution in [0.15, 0.2) is 30.3 Å². The zero-order valence-electron chi connectivity index (χ0n) is 13.2. The molecule has 1 saturated heterocycles. The van der Waals surface area contributed by atoms with E-state index in [1.165, 1.54) is 0 Å². The molecule has 1 atom stereocenters. The standard InChI is InChI=1S/C17H21N3O3/c1-12(13-7-3-2-4-8-13)18-14(21)11-20-15(22)17(19-16(20)23)9-5-6-10-17/h2-4,7-8,12H,5-6,9-11H2,1H3,(H,18,21)(H,19,23)/t12-/m1/s1. The maximum atomic E-state index is 12.5. The Hall–Kier alpha value is -2.37. The Labute approximate surface area is 135 Å². The fourth-order valence-electron chi connectivity index (χ4n) is 3.39. The number of benzene rings is 1. The average Bonchev–Trinajstić information content (AvgIpc) is 3.09. The van der Waals surface area contributed by atoms with Gasteiger partial charge < -0.3 is 10.6 Å². The van der Waals surface area contributed by atoms with E-state index in [4.69, 9.17) is 0 Å². The molecule has 1 spiro atoms. The normalized spacial score (nSPS) is 20.7. The second kappa shape index (κ2) is 6.02. The molecule has 1 heterocycles. The first kappa shape index (κ1) is 15.5. The van der Waals surface area contributed by atoms with Gasteiger partial charge >= 0.3 is 6.03 Å². The summed E-state index contributed by atoms with van der Waals surface area (Å²) in [7, 11) is 0. The fraction of sp³-hybridized carbons (Fsp3) is 0.471.